The number of aryl methyl sites for hydroxylation is 2. The summed E-state index contributed by atoms with van der Waals surface area (Å²) in [5.74, 6) is -0.344. The molecule has 0 unspecified atom stereocenters. The van der Waals surface area contributed by atoms with E-state index in [0.29, 0.717) is 11.1 Å². The Morgan fingerprint density at radius 1 is 1.10 bits per heavy atom. The van der Waals surface area contributed by atoms with Gasteiger partial charge in [0.2, 0.25) is 5.91 Å². The second-order valence-electron chi connectivity index (χ2n) is 6.97. The molecule has 0 aliphatic rings. The molecule has 1 N–H and O–H groups in total. The van der Waals surface area contributed by atoms with E-state index in [-0.39, 0.29) is 31.1 Å². The van der Waals surface area contributed by atoms with Crippen molar-refractivity contribution in [2.24, 2.45) is 0 Å². The highest BCUT2D eigenvalue weighted by Gasteiger charge is 2.31. The van der Waals surface area contributed by atoms with Crippen LogP contribution in [-0.4, -0.2) is 26.2 Å². The highest BCUT2D eigenvalue weighted by atomic mass is 19.4. The van der Waals surface area contributed by atoms with Crippen LogP contribution in [0.3, 0.4) is 0 Å². The van der Waals surface area contributed by atoms with Gasteiger partial charge in [-0.2, -0.15) is 13.2 Å². The Morgan fingerprint density at radius 3 is 2.53 bits per heavy atom. The minimum atomic E-state index is -4.54. The zero-order valence-electron chi connectivity index (χ0n) is 16.9. The molecule has 8 heteroatoms. The summed E-state index contributed by atoms with van der Waals surface area (Å²) < 4.78 is 55.2. The summed E-state index contributed by atoms with van der Waals surface area (Å²) in [6, 6.07) is 6.78. The lowest BCUT2D eigenvalue weighted by Gasteiger charge is -2.15. The Hall–Kier alpha value is -3.00. The van der Waals surface area contributed by atoms with Crippen LogP contribution in [0.4, 0.5) is 18.9 Å². The van der Waals surface area contributed by atoms with Crippen LogP contribution in [0.15, 0.2) is 41.0 Å². The third-order valence-electron chi connectivity index (χ3n) is 4.75. The molecule has 0 fully saturated rings. The van der Waals surface area contributed by atoms with E-state index in [1.165, 1.54) is 19.4 Å². The van der Waals surface area contributed by atoms with Crippen LogP contribution in [0.1, 0.15) is 22.3 Å². The lowest BCUT2D eigenvalue weighted by Crippen LogP contribution is -2.17. The molecular formula is C22H22F3NO4. The maximum absolute atomic E-state index is 13.1. The van der Waals surface area contributed by atoms with Crippen molar-refractivity contribution in [1.29, 1.82) is 0 Å². The smallest absolute Gasteiger partial charge is 0.416 e. The van der Waals surface area contributed by atoms with E-state index >= 15 is 0 Å². The van der Waals surface area contributed by atoms with Gasteiger partial charge in [0.05, 0.1) is 30.5 Å². The maximum Gasteiger partial charge on any atom is 0.416 e. The topological polar surface area (TPSA) is 60.7 Å². The predicted molar refractivity (Wildman–Crippen MR) is 107 cm³/mol. The van der Waals surface area contributed by atoms with Crippen molar-refractivity contribution in [3.05, 3.63) is 58.8 Å². The van der Waals surface area contributed by atoms with Crippen LogP contribution < -0.4 is 10.1 Å². The van der Waals surface area contributed by atoms with Crippen molar-refractivity contribution < 1.29 is 31.9 Å². The van der Waals surface area contributed by atoms with Gasteiger partial charge in [-0.3, -0.25) is 4.79 Å². The van der Waals surface area contributed by atoms with Gasteiger partial charge >= 0.3 is 6.18 Å². The number of carbonyl (C=O) groups excluding carboxylic acids is 1. The number of methoxy groups -OCH3 is 1. The second-order valence-corrected chi connectivity index (χ2v) is 6.97. The second kappa shape index (κ2) is 8.79. The molecule has 3 rings (SSSR count). The zero-order valence-corrected chi connectivity index (χ0v) is 16.9. The summed E-state index contributed by atoms with van der Waals surface area (Å²) in [7, 11) is 1.48. The maximum atomic E-state index is 13.1. The number of nitrogens with one attached hydrogen (secondary N) is 1. The molecular weight excluding hydrogens is 399 g/mol. The number of ether oxygens (including phenoxy) is 2. The fourth-order valence-corrected chi connectivity index (χ4v) is 3.01. The van der Waals surface area contributed by atoms with Crippen molar-refractivity contribution in [1.82, 2.24) is 0 Å². The molecule has 160 valence electrons. The average molecular weight is 421 g/mol. The van der Waals surface area contributed by atoms with Crippen molar-refractivity contribution in [2.45, 2.75) is 26.4 Å². The first-order chi connectivity index (χ1) is 14.2. The van der Waals surface area contributed by atoms with E-state index in [0.717, 1.165) is 28.6 Å². The Bertz CT molecular complexity index is 1060. The first-order valence-corrected chi connectivity index (χ1v) is 9.29. The Balaban J connectivity index is 1.83. The standard InChI is InChI=1S/C22H22F3NO4/c1-13-8-17-15(12-30-20(17)9-14(13)2)10-21(27)26-18-11-16(22(23,24)25)4-5-19(18)29-7-6-28-3/h4-5,8-9,11-12H,6-7,10H2,1-3H3,(H,26,27). The van der Waals surface area contributed by atoms with Gasteiger partial charge in [-0.25, -0.2) is 0 Å². The molecule has 30 heavy (non-hydrogen) atoms. The van der Waals surface area contributed by atoms with E-state index in [2.05, 4.69) is 5.32 Å². The van der Waals surface area contributed by atoms with Crippen LogP contribution in [-0.2, 0) is 22.1 Å². The van der Waals surface area contributed by atoms with Crippen LogP contribution in [0.25, 0.3) is 11.0 Å². The molecule has 0 aliphatic heterocycles. The quantitative estimate of drug-likeness (QED) is 0.528. The average Bonchev–Trinajstić information content (AvgIpc) is 3.04. The molecule has 1 heterocycles. The lowest BCUT2D eigenvalue weighted by molar-refractivity contribution is -0.137. The molecule has 0 bridgehead atoms. The summed E-state index contributed by atoms with van der Waals surface area (Å²) in [6.45, 7) is 4.31. The molecule has 0 saturated carbocycles. The number of fused-ring (bicyclic) bond motifs is 1. The number of benzene rings is 2. The highest BCUT2D eigenvalue weighted by molar-refractivity contribution is 5.96. The van der Waals surface area contributed by atoms with Crippen molar-refractivity contribution in [2.75, 3.05) is 25.6 Å². The molecule has 0 radical (unpaired) electrons. The molecule has 0 aliphatic carbocycles. The Kier molecular flexibility index (Phi) is 6.36. The van der Waals surface area contributed by atoms with Gasteiger partial charge in [0.15, 0.2) is 0 Å². The zero-order chi connectivity index (χ0) is 21.9. The normalized spacial score (nSPS) is 11.7. The third-order valence-corrected chi connectivity index (χ3v) is 4.75. The number of halogens is 3. The Morgan fingerprint density at radius 2 is 1.83 bits per heavy atom. The molecule has 5 nitrogen and oxygen atoms in total. The van der Waals surface area contributed by atoms with Crippen LogP contribution in [0, 0.1) is 13.8 Å². The molecule has 0 spiro atoms. The van der Waals surface area contributed by atoms with Crippen molar-refractivity contribution >= 4 is 22.6 Å². The van der Waals surface area contributed by atoms with Gasteiger partial charge in [0.1, 0.15) is 17.9 Å². The lowest BCUT2D eigenvalue weighted by atomic mass is 10.0. The first-order valence-electron chi connectivity index (χ1n) is 9.29. The van der Waals surface area contributed by atoms with Crippen molar-refractivity contribution in [3.8, 4) is 5.75 Å². The molecule has 3 aromatic rings. The summed E-state index contributed by atoms with van der Waals surface area (Å²) in [6.07, 6.45) is -3.10. The summed E-state index contributed by atoms with van der Waals surface area (Å²) >= 11 is 0. The molecule has 2 aromatic carbocycles. The molecule has 1 aromatic heterocycles. The van der Waals surface area contributed by atoms with Crippen LogP contribution in [0.2, 0.25) is 0 Å². The molecule has 0 atom stereocenters. The van der Waals surface area contributed by atoms with E-state index in [1.54, 1.807) is 0 Å². The minimum Gasteiger partial charge on any atom is -0.489 e. The molecule has 0 saturated heterocycles. The van der Waals surface area contributed by atoms with E-state index in [1.807, 2.05) is 26.0 Å². The van der Waals surface area contributed by atoms with Crippen LogP contribution >= 0.6 is 0 Å². The van der Waals surface area contributed by atoms with E-state index in [4.69, 9.17) is 13.9 Å². The van der Waals surface area contributed by atoms with Gasteiger partial charge in [0, 0.05) is 18.1 Å². The van der Waals surface area contributed by atoms with Gasteiger partial charge < -0.3 is 19.2 Å². The number of alkyl halides is 3. The monoisotopic (exact) mass is 421 g/mol. The fourth-order valence-electron chi connectivity index (χ4n) is 3.01. The summed E-state index contributed by atoms with van der Waals surface area (Å²) in [4.78, 5) is 12.6. The summed E-state index contributed by atoms with van der Waals surface area (Å²) in [5, 5.41) is 3.33. The van der Waals surface area contributed by atoms with Crippen LogP contribution in [0.5, 0.6) is 5.75 Å². The number of hydrogen-bond donors (Lipinski definition) is 1. The summed E-state index contributed by atoms with van der Waals surface area (Å²) in [5.41, 5.74) is 2.50. The highest BCUT2D eigenvalue weighted by Crippen LogP contribution is 2.35. The van der Waals surface area contributed by atoms with Gasteiger partial charge in [-0.15, -0.1) is 0 Å². The van der Waals surface area contributed by atoms with Gasteiger partial charge in [-0.1, -0.05) is 0 Å². The predicted octanol–water partition coefficient (Wildman–Crippen LogP) is 5.27. The fraction of sp³-hybridized carbons (Fsp3) is 0.318. The van der Waals surface area contributed by atoms with Gasteiger partial charge in [-0.05, 0) is 55.3 Å². The van der Waals surface area contributed by atoms with Crippen molar-refractivity contribution in [3.63, 3.8) is 0 Å². The minimum absolute atomic E-state index is 0.0502. The van der Waals surface area contributed by atoms with E-state index in [9.17, 15) is 18.0 Å². The number of carbonyl (C=O) groups is 1. The van der Waals surface area contributed by atoms with Gasteiger partial charge in [0.25, 0.3) is 0 Å². The molecule has 1 amide bonds. The number of rotatable bonds is 7. The largest absolute Gasteiger partial charge is 0.489 e. The number of amides is 1. The number of anilines is 1. The first kappa shape index (κ1) is 21.7. The SMILES string of the molecule is COCCOc1ccc(C(F)(F)F)cc1NC(=O)Cc1coc2cc(C)c(C)cc12. The third kappa shape index (κ3) is 4.94. The number of furan rings is 1. The number of hydrogen-bond acceptors (Lipinski definition) is 4. The van der Waals surface area contributed by atoms with E-state index < -0.39 is 17.6 Å². The Labute approximate surface area is 171 Å².